The van der Waals surface area contributed by atoms with Crippen LogP contribution in [-0.4, -0.2) is 28.7 Å². The fourth-order valence-corrected chi connectivity index (χ4v) is 4.86. The third-order valence-corrected chi connectivity index (χ3v) is 7.11. The Morgan fingerprint density at radius 2 is 1.55 bits per heavy atom. The molecule has 2 aromatic heterocycles. The van der Waals surface area contributed by atoms with Gasteiger partial charge < -0.3 is 9.30 Å². The van der Waals surface area contributed by atoms with Gasteiger partial charge in [-0.15, -0.1) is 11.3 Å². The summed E-state index contributed by atoms with van der Waals surface area (Å²) in [6.07, 6.45) is 1.79. The van der Waals surface area contributed by atoms with Crippen molar-refractivity contribution in [2.75, 3.05) is 6.61 Å². The first kappa shape index (κ1) is 22.9. The zero-order valence-electron chi connectivity index (χ0n) is 19.1. The maximum absolute atomic E-state index is 12.9. The van der Waals surface area contributed by atoms with Gasteiger partial charge in [-0.25, -0.2) is 4.79 Å². The van der Waals surface area contributed by atoms with E-state index in [1.807, 2.05) is 55.6 Å². The molecule has 5 nitrogen and oxygen atoms in total. The van der Waals surface area contributed by atoms with Crippen molar-refractivity contribution < 1.29 is 19.1 Å². The molecule has 0 aliphatic heterocycles. The Morgan fingerprint density at radius 3 is 2.12 bits per heavy atom. The fourth-order valence-electron chi connectivity index (χ4n) is 4.18. The van der Waals surface area contributed by atoms with Crippen LogP contribution >= 0.6 is 11.3 Å². The molecule has 6 heteroatoms. The molecule has 33 heavy (non-hydrogen) atoms. The van der Waals surface area contributed by atoms with E-state index in [9.17, 15) is 14.4 Å². The second-order valence-corrected chi connectivity index (χ2v) is 9.07. The van der Waals surface area contributed by atoms with E-state index in [4.69, 9.17) is 4.74 Å². The molecule has 0 saturated carbocycles. The van der Waals surface area contributed by atoms with Crippen LogP contribution in [0.3, 0.4) is 0 Å². The molecule has 4 aromatic rings. The van der Waals surface area contributed by atoms with Gasteiger partial charge in [-0.1, -0.05) is 32.8 Å². The number of hydrogen-bond donors (Lipinski definition) is 0. The Hall–Kier alpha value is -3.25. The summed E-state index contributed by atoms with van der Waals surface area (Å²) in [6, 6.07) is 14.6. The van der Waals surface area contributed by atoms with Gasteiger partial charge in [0.25, 0.3) is 5.78 Å². The van der Waals surface area contributed by atoms with Gasteiger partial charge in [-0.3, -0.25) is 9.59 Å². The van der Waals surface area contributed by atoms with Gasteiger partial charge in [0, 0.05) is 39.5 Å². The van der Waals surface area contributed by atoms with Crippen molar-refractivity contribution in [3.8, 4) is 0 Å². The van der Waals surface area contributed by atoms with E-state index >= 15 is 0 Å². The van der Waals surface area contributed by atoms with Crippen LogP contribution in [0.2, 0.25) is 0 Å². The van der Waals surface area contributed by atoms with Crippen LogP contribution in [0.5, 0.6) is 0 Å². The number of nitrogens with zero attached hydrogens (tertiary/aromatic N) is 1. The molecule has 0 amide bonds. The molecule has 0 N–H and O–H groups in total. The zero-order valence-corrected chi connectivity index (χ0v) is 19.9. The third kappa shape index (κ3) is 4.35. The number of Topliss-reactive ketones (excluding diaryl/α,β-unsaturated/α-hetero) is 1. The van der Waals surface area contributed by atoms with E-state index in [0.29, 0.717) is 16.0 Å². The number of ketones is 2. The van der Waals surface area contributed by atoms with Crippen LogP contribution in [0.25, 0.3) is 21.8 Å². The van der Waals surface area contributed by atoms with Crippen LogP contribution in [0.4, 0.5) is 0 Å². The van der Waals surface area contributed by atoms with Gasteiger partial charge in [0.2, 0.25) is 5.78 Å². The van der Waals surface area contributed by atoms with Crippen LogP contribution in [-0.2, 0) is 16.1 Å². The summed E-state index contributed by atoms with van der Waals surface area (Å²) in [6.45, 7) is 7.13. The number of rotatable bonds is 9. The molecule has 0 spiro atoms. The van der Waals surface area contributed by atoms with E-state index in [1.54, 1.807) is 12.1 Å². The number of ether oxygens (including phenoxy) is 1. The van der Waals surface area contributed by atoms with Gasteiger partial charge in [0.1, 0.15) is 0 Å². The van der Waals surface area contributed by atoms with Crippen molar-refractivity contribution in [2.45, 2.75) is 40.2 Å². The molecule has 2 aromatic carbocycles. The van der Waals surface area contributed by atoms with Gasteiger partial charge >= 0.3 is 5.97 Å². The maximum Gasteiger partial charge on any atom is 0.379 e. The second kappa shape index (κ2) is 9.71. The Morgan fingerprint density at radius 1 is 0.909 bits per heavy atom. The number of aryl methyl sites for hydroxylation is 1. The fraction of sp³-hybridized carbons (Fsp3) is 0.296. The lowest BCUT2D eigenvalue weighted by Crippen LogP contribution is -2.21. The predicted molar refractivity (Wildman–Crippen MR) is 132 cm³/mol. The number of thiophene rings is 1. The van der Waals surface area contributed by atoms with Crippen LogP contribution in [0.15, 0.2) is 53.9 Å². The molecule has 2 heterocycles. The van der Waals surface area contributed by atoms with Crippen molar-refractivity contribution in [1.82, 2.24) is 4.57 Å². The first-order chi connectivity index (χ1) is 16.0. The van der Waals surface area contributed by atoms with E-state index in [0.717, 1.165) is 41.2 Å². The molecule has 0 atom stereocenters. The summed E-state index contributed by atoms with van der Waals surface area (Å²) in [5, 5.41) is 3.61. The molecule has 0 unspecified atom stereocenters. The summed E-state index contributed by atoms with van der Waals surface area (Å²) in [5.74, 6) is -1.24. The summed E-state index contributed by atoms with van der Waals surface area (Å²) < 4.78 is 7.43. The molecule has 0 fully saturated rings. The molecule has 170 valence electrons. The average molecular weight is 462 g/mol. The lowest BCUT2D eigenvalue weighted by molar-refractivity contribution is -0.139. The van der Waals surface area contributed by atoms with Crippen molar-refractivity contribution in [1.29, 1.82) is 0 Å². The van der Waals surface area contributed by atoms with Gasteiger partial charge in [0.05, 0.1) is 11.5 Å². The highest BCUT2D eigenvalue weighted by Gasteiger charge is 2.21. The molecular formula is C27H27NO4S. The van der Waals surface area contributed by atoms with Crippen molar-refractivity contribution in [2.24, 2.45) is 5.92 Å². The number of fused-ring (bicyclic) bond motifs is 3. The predicted octanol–water partition coefficient (Wildman–Crippen LogP) is 6.27. The van der Waals surface area contributed by atoms with Crippen LogP contribution in [0.1, 0.15) is 59.2 Å². The highest BCUT2D eigenvalue weighted by Crippen LogP contribution is 2.31. The van der Waals surface area contributed by atoms with Crippen LogP contribution < -0.4 is 0 Å². The average Bonchev–Trinajstić information content (AvgIpc) is 3.49. The summed E-state index contributed by atoms with van der Waals surface area (Å²) >= 11 is 1.41. The largest absolute Gasteiger partial charge is 0.459 e. The number of carbonyl (C=O) groups excluding carboxylic acids is 3. The Balaban J connectivity index is 1.73. The minimum Gasteiger partial charge on any atom is -0.459 e. The monoisotopic (exact) mass is 461 g/mol. The van der Waals surface area contributed by atoms with Crippen molar-refractivity contribution in [3.05, 3.63) is 69.9 Å². The molecule has 0 saturated heterocycles. The summed E-state index contributed by atoms with van der Waals surface area (Å²) in [7, 11) is 0. The normalized spacial score (nSPS) is 11.4. The number of benzene rings is 2. The highest BCUT2D eigenvalue weighted by atomic mass is 32.1. The summed E-state index contributed by atoms with van der Waals surface area (Å²) in [4.78, 5) is 38.8. The van der Waals surface area contributed by atoms with Crippen molar-refractivity contribution in [3.63, 3.8) is 0 Å². The van der Waals surface area contributed by atoms with Crippen molar-refractivity contribution >= 4 is 50.7 Å². The quantitative estimate of drug-likeness (QED) is 0.167. The van der Waals surface area contributed by atoms with Crippen LogP contribution in [0, 0.1) is 5.92 Å². The molecule has 0 aliphatic rings. The molecular weight excluding hydrogens is 434 g/mol. The standard InChI is InChI=1S/C27H27NO4S/c1-4-17(5-2)16-32-27(31)26(30)19-10-12-23-21(15-19)20-14-18(9-11-22(20)28(23)6-3)25(29)24-8-7-13-33-24/h7-15,17H,4-6,16H2,1-3H3. The third-order valence-electron chi connectivity index (χ3n) is 6.24. The topological polar surface area (TPSA) is 65.4 Å². The van der Waals surface area contributed by atoms with E-state index in [1.165, 1.54) is 11.3 Å². The first-order valence-electron chi connectivity index (χ1n) is 11.3. The zero-order chi connectivity index (χ0) is 23.5. The SMILES string of the molecule is CCC(CC)COC(=O)C(=O)c1ccc2c(c1)c1cc(C(=O)c3cccs3)ccc1n2CC. The number of hydrogen-bond acceptors (Lipinski definition) is 5. The number of esters is 1. The minimum atomic E-state index is -0.825. The van der Waals surface area contributed by atoms with E-state index < -0.39 is 11.8 Å². The number of carbonyl (C=O) groups is 3. The first-order valence-corrected chi connectivity index (χ1v) is 12.2. The Kier molecular flexibility index (Phi) is 6.75. The van der Waals surface area contributed by atoms with Gasteiger partial charge in [0.15, 0.2) is 0 Å². The van der Waals surface area contributed by atoms with E-state index in [-0.39, 0.29) is 18.3 Å². The van der Waals surface area contributed by atoms with Gasteiger partial charge in [-0.2, -0.15) is 0 Å². The number of aromatic nitrogens is 1. The highest BCUT2D eigenvalue weighted by molar-refractivity contribution is 7.12. The lowest BCUT2D eigenvalue weighted by Gasteiger charge is -2.12. The minimum absolute atomic E-state index is 0.0264. The Bertz CT molecular complexity index is 1330. The smallest absolute Gasteiger partial charge is 0.379 e. The van der Waals surface area contributed by atoms with E-state index in [2.05, 4.69) is 11.5 Å². The van der Waals surface area contributed by atoms with Gasteiger partial charge in [-0.05, 0) is 60.7 Å². The lowest BCUT2D eigenvalue weighted by atomic mass is 10.0. The molecule has 0 aliphatic carbocycles. The molecule has 0 bridgehead atoms. The second-order valence-electron chi connectivity index (χ2n) is 8.12. The summed E-state index contributed by atoms with van der Waals surface area (Å²) in [5.41, 5.74) is 2.83. The molecule has 0 radical (unpaired) electrons. The Labute approximate surface area is 197 Å². The maximum atomic E-state index is 12.9. The molecule has 4 rings (SSSR count).